The fraction of sp³-hybridized carbons (Fsp3) is 0.333. The molecule has 1 aliphatic heterocycles. The van der Waals surface area contributed by atoms with Gasteiger partial charge in [0.25, 0.3) is 0 Å². The molecule has 0 amide bonds. The number of halogens is 8. The Morgan fingerprint density at radius 2 is 1.49 bits per heavy atom. The fourth-order valence-electron chi connectivity index (χ4n) is 3.84. The predicted molar refractivity (Wildman–Crippen MR) is 108 cm³/mol. The summed E-state index contributed by atoms with van der Waals surface area (Å²) in [5.74, 6) is -9.25. The molecule has 0 aliphatic carbocycles. The van der Waals surface area contributed by atoms with Crippen LogP contribution in [0.15, 0.2) is 30.3 Å². The molecule has 35 heavy (non-hydrogen) atoms. The topological polar surface area (TPSA) is 27.7 Å². The van der Waals surface area contributed by atoms with E-state index < -0.39 is 77.6 Å². The molecule has 4 rings (SSSR count). The molecule has 0 aromatic heterocycles. The third-order valence-electron chi connectivity index (χ3n) is 5.49. The van der Waals surface area contributed by atoms with Crippen LogP contribution in [0, 0.1) is 34.9 Å². The number of aryl methyl sites for hydroxylation is 1. The average molecular weight is 506 g/mol. The Morgan fingerprint density at radius 3 is 2.09 bits per heavy atom. The molecule has 0 spiro atoms. The Hall–Kier alpha value is -2.76. The molecular weight excluding hydrogens is 488 g/mol. The van der Waals surface area contributed by atoms with Gasteiger partial charge in [-0.1, -0.05) is 19.4 Å². The Bertz CT molecular complexity index is 1230. The van der Waals surface area contributed by atoms with Crippen LogP contribution in [0.5, 0.6) is 0 Å². The van der Waals surface area contributed by atoms with Crippen LogP contribution in [0.3, 0.4) is 0 Å². The van der Waals surface area contributed by atoms with Gasteiger partial charge in [0.15, 0.2) is 35.4 Å². The molecule has 1 saturated heterocycles. The van der Waals surface area contributed by atoms with E-state index in [0.717, 1.165) is 6.07 Å². The highest BCUT2D eigenvalue weighted by Gasteiger charge is 2.41. The molecule has 0 bridgehead atoms. The van der Waals surface area contributed by atoms with Crippen molar-refractivity contribution < 1.29 is 49.3 Å². The molecule has 0 unspecified atom stereocenters. The van der Waals surface area contributed by atoms with Crippen LogP contribution < -0.4 is 0 Å². The van der Waals surface area contributed by atoms with Crippen LogP contribution in [0.1, 0.15) is 36.3 Å². The minimum atomic E-state index is -4.29. The third kappa shape index (κ3) is 4.85. The first-order chi connectivity index (χ1) is 16.5. The highest BCUT2D eigenvalue weighted by atomic mass is 19.3. The summed E-state index contributed by atoms with van der Waals surface area (Å²) in [6.45, 7) is 0.624. The van der Waals surface area contributed by atoms with E-state index in [0.29, 0.717) is 24.6 Å². The van der Waals surface area contributed by atoms with E-state index in [2.05, 4.69) is 4.74 Å². The summed E-state index contributed by atoms with van der Waals surface area (Å²) in [5.41, 5.74) is -1.55. The Labute approximate surface area is 194 Å². The lowest BCUT2D eigenvalue weighted by molar-refractivity contribution is -0.321. The van der Waals surface area contributed by atoms with Crippen molar-refractivity contribution in [1.29, 1.82) is 0 Å². The maximum absolute atomic E-state index is 14.9. The summed E-state index contributed by atoms with van der Waals surface area (Å²) in [6.07, 6.45) is -6.46. The van der Waals surface area contributed by atoms with E-state index in [4.69, 9.17) is 9.47 Å². The zero-order valence-electron chi connectivity index (χ0n) is 18.1. The van der Waals surface area contributed by atoms with Gasteiger partial charge in [0, 0.05) is 5.56 Å². The fourth-order valence-corrected chi connectivity index (χ4v) is 3.84. The van der Waals surface area contributed by atoms with Crippen molar-refractivity contribution in [2.24, 2.45) is 0 Å². The van der Waals surface area contributed by atoms with Crippen LogP contribution in [0.4, 0.5) is 35.1 Å². The number of rotatable bonds is 6. The van der Waals surface area contributed by atoms with Gasteiger partial charge in [-0.25, -0.2) is 26.3 Å². The van der Waals surface area contributed by atoms with Crippen molar-refractivity contribution in [3.63, 3.8) is 0 Å². The van der Waals surface area contributed by atoms with E-state index in [-0.39, 0.29) is 22.9 Å². The number of hydrogen-bond acceptors (Lipinski definition) is 3. The second kappa shape index (κ2) is 9.71. The minimum absolute atomic E-state index is 0.000338. The van der Waals surface area contributed by atoms with Crippen LogP contribution >= 0.6 is 0 Å². The van der Waals surface area contributed by atoms with Crippen molar-refractivity contribution in [2.45, 2.75) is 38.3 Å². The predicted octanol–water partition coefficient (Wildman–Crippen LogP) is 6.81. The van der Waals surface area contributed by atoms with E-state index in [1.54, 1.807) is 6.92 Å². The van der Waals surface area contributed by atoms with Gasteiger partial charge in [-0.15, -0.1) is 0 Å². The van der Waals surface area contributed by atoms with Crippen molar-refractivity contribution in [3.8, 4) is 0 Å². The summed E-state index contributed by atoms with van der Waals surface area (Å²) < 4.78 is 128. The lowest BCUT2D eigenvalue weighted by atomic mass is 9.99. The van der Waals surface area contributed by atoms with Gasteiger partial charge in [0.05, 0.1) is 24.2 Å². The van der Waals surface area contributed by atoms with Gasteiger partial charge in [0.2, 0.25) is 0 Å². The first-order valence-corrected chi connectivity index (χ1v) is 10.6. The van der Waals surface area contributed by atoms with Crippen LogP contribution in [-0.4, -0.2) is 19.3 Å². The largest absolute Gasteiger partial charge is 0.386 e. The van der Waals surface area contributed by atoms with Crippen molar-refractivity contribution in [1.82, 2.24) is 0 Å². The molecule has 0 radical (unpaired) electrons. The Kier molecular flexibility index (Phi) is 7.03. The third-order valence-corrected chi connectivity index (χ3v) is 5.49. The summed E-state index contributed by atoms with van der Waals surface area (Å²) in [5, 5.41) is -1.02. The average Bonchev–Trinajstić information content (AvgIpc) is 2.80. The lowest BCUT2D eigenvalue weighted by Crippen LogP contribution is -2.38. The quantitative estimate of drug-likeness (QED) is 0.272. The van der Waals surface area contributed by atoms with Crippen molar-refractivity contribution in [3.05, 3.63) is 81.9 Å². The van der Waals surface area contributed by atoms with E-state index >= 15 is 0 Å². The number of benzene rings is 3. The standard InChI is InChI=1S/C24H18F8O3/c1-2-3-12-6-11-4-5-15(20(28)18(11)22(30)19(12)27)24(31,32)35-14-9-33-23(34-10-14)13-7-16(25)21(29)17(26)8-13/h4-8,14,23H,2-3,9-10H2,1H3. The monoisotopic (exact) mass is 506 g/mol. The van der Waals surface area contributed by atoms with Gasteiger partial charge < -0.3 is 14.2 Å². The molecule has 0 saturated carbocycles. The summed E-state index contributed by atoms with van der Waals surface area (Å²) in [7, 11) is 0. The zero-order chi connectivity index (χ0) is 25.5. The van der Waals surface area contributed by atoms with Gasteiger partial charge in [-0.2, -0.15) is 8.78 Å². The van der Waals surface area contributed by atoms with Gasteiger partial charge in [-0.05, 0) is 41.6 Å². The number of hydrogen-bond donors (Lipinski definition) is 0. The van der Waals surface area contributed by atoms with Crippen molar-refractivity contribution in [2.75, 3.05) is 13.2 Å². The maximum atomic E-state index is 14.9. The van der Waals surface area contributed by atoms with E-state index in [1.165, 1.54) is 6.07 Å². The smallest absolute Gasteiger partial charge is 0.346 e. The number of fused-ring (bicyclic) bond motifs is 1. The van der Waals surface area contributed by atoms with Gasteiger partial charge >= 0.3 is 6.11 Å². The number of ether oxygens (including phenoxy) is 3. The highest BCUT2D eigenvalue weighted by molar-refractivity contribution is 5.85. The number of alkyl halides is 2. The molecule has 0 atom stereocenters. The molecule has 188 valence electrons. The second-order valence-electron chi connectivity index (χ2n) is 7.99. The molecule has 0 N–H and O–H groups in total. The Balaban J connectivity index is 1.52. The van der Waals surface area contributed by atoms with Crippen LogP contribution in [0.25, 0.3) is 10.8 Å². The van der Waals surface area contributed by atoms with Gasteiger partial charge in [-0.3, -0.25) is 0 Å². The molecule has 1 aliphatic rings. The SMILES string of the molecule is CCCc1cc2ccc(C(F)(F)OC3COC(c4cc(F)c(F)c(F)c4)OC3)c(F)c2c(F)c1F. The van der Waals surface area contributed by atoms with Crippen molar-refractivity contribution >= 4 is 10.8 Å². The lowest BCUT2D eigenvalue weighted by Gasteiger charge is -2.32. The highest BCUT2D eigenvalue weighted by Crippen LogP contribution is 2.38. The molecule has 11 heteroatoms. The molecule has 1 heterocycles. The minimum Gasteiger partial charge on any atom is -0.346 e. The first-order valence-electron chi connectivity index (χ1n) is 10.6. The first kappa shape index (κ1) is 25.3. The summed E-state index contributed by atoms with van der Waals surface area (Å²) in [4.78, 5) is 0. The van der Waals surface area contributed by atoms with Gasteiger partial charge in [0.1, 0.15) is 11.9 Å². The van der Waals surface area contributed by atoms with E-state index in [1.807, 2.05) is 0 Å². The van der Waals surface area contributed by atoms with Crippen LogP contribution in [0.2, 0.25) is 0 Å². The molecular formula is C24H18F8O3. The molecule has 1 fully saturated rings. The molecule has 3 aromatic rings. The summed E-state index contributed by atoms with van der Waals surface area (Å²) >= 11 is 0. The zero-order valence-corrected chi connectivity index (χ0v) is 18.1. The van der Waals surface area contributed by atoms with Crippen LogP contribution in [-0.2, 0) is 26.7 Å². The maximum Gasteiger partial charge on any atom is 0.386 e. The van der Waals surface area contributed by atoms with E-state index in [9.17, 15) is 35.1 Å². The second-order valence-corrected chi connectivity index (χ2v) is 7.99. The Morgan fingerprint density at radius 1 is 0.857 bits per heavy atom. The molecule has 3 aromatic carbocycles. The molecule has 3 nitrogen and oxygen atoms in total. The summed E-state index contributed by atoms with van der Waals surface area (Å²) in [6, 6.07) is 4.20. The normalized spacial score (nSPS) is 18.9.